The lowest BCUT2D eigenvalue weighted by Crippen LogP contribution is -2.24. The molecule has 0 fully saturated rings. The van der Waals surface area contributed by atoms with Crippen LogP contribution in [-0.4, -0.2) is 38.0 Å². The van der Waals surface area contributed by atoms with Crippen molar-refractivity contribution in [1.82, 2.24) is 5.32 Å². The van der Waals surface area contributed by atoms with Gasteiger partial charge in [0.2, 0.25) is 0 Å². The van der Waals surface area contributed by atoms with Crippen LogP contribution in [0.4, 0.5) is 5.69 Å². The molecule has 0 unspecified atom stereocenters. The molecule has 2 amide bonds. The summed E-state index contributed by atoms with van der Waals surface area (Å²) in [4.78, 5) is 35.3. The summed E-state index contributed by atoms with van der Waals surface area (Å²) in [6, 6.07) is 12.1. The molecule has 7 heteroatoms. The Labute approximate surface area is 157 Å². The van der Waals surface area contributed by atoms with E-state index < -0.39 is 18.5 Å². The highest BCUT2D eigenvalue weighted by atomic mass is 16.6. The molecule has 0 atom stereocenters. The van der Waals surface area contributed by atoms with E-state index in [9.17, 15) is 14.4 Å². The van der Waals surface area contributed by atoms with Crippen molar-refractivity contribution in [2.24, 2.45) is 0 Å². The lowest BCUT2D eigenvalue weighted by molar-refractivity contribution is -0.149. The predicted octanol–water partition coefficient (Wildman–Crippen LogP) is 2.22. The summed E-state index contributed by atoms with van der Waals surface area (Å²) in [5.74, 6) is -0.821. The van der Waals surface area contributed by atoms with Gasteiger partial charge in [-0.1, -0.05) is 18.2 Å². The second-order valence-electron chi connectivity index (χ2n) is 5.93. The standard InChI is InChI=1S/C20H22N2O5/c1-13-7-8-14(2)17(9-13)26-12-19(24)27-11-18(23)22-16-6-4-5-15(10-16)20(25)21-3/h4-10H,11-12H2,1-3H3,(H,21,25)(H,22,23). The van der Waals surface area contributed by atoms with Crippen LogP contribution in [-0.2, 0) is 14.3 Å². The van der Waals surface area contributed by atoms with Crippen LogP contribution in [0.15, 0.2) is 42.5 Å². The molecule has 0 aliphatic heterocycles. The summed E-state index contributed by atoms with van der Waals surface area (Å²) < 4.78 is 10.3. The van der Waals surface area contributed by atoms with E-state index in [0.717, 1.165) is 11.1 Å². The Hall–Kier alpha value is -3.35. The van der Waals surface area contributed by atoms with Gasteiger partial charge in [0.1, 0.15) is 5.75 Å². The van der Waals surface area contributed by atoms with Gasteiger partial charge in [0.25, 0.3) is 11.8 Å². The fourth-order valence-corrected chi connectivity index (χ4v) is 2.27. The van der Waals surface area contributed by atoms with Crippen LogP contribution in [0, 0.1) is 13.8 Å². The Balaban J connectivity index is 1.80. The van der Waals surface area contributed by atoms with E-state index in [1.165, 1.54) is 13.1 Å². The van der Waals surface area contributed by atoms with E-state index in [1.54, 1.807) is 18.2 Å². The highest BCUT2D eigenvalue weighted by Gasteiger charge is 2.11. The van der Waals surface area contributed by atoms with Crippen molar-refractivity contribution >= 4 is 23.5 Å². The molecule has 0 saturated heterocycles. The molecule has 2 aromatic carbocycles. The summed E-state index contributed by atoms with van der Waals surface area (Å²) in [5, 5.41) is 5.07. The monoisotopic (exact) mass is 370 g/mol. The highest BCUT2D eigenvalue weighted by molar-refractivity contribution is 5.97. The Morgan fingerprint density at radius 2 is 1.78 bits per heavy atom. The number of carbonyl (C=O) groups excluding carboxylic acids is 3. The molecule has 0 heterocycles. The van der Waals surface area contributed by atoms with Gasteiger partial charge >= 0.3 is 5.97 Å². The lowest BCUT2D eigenvalue weighted by Gasteiger charge is -2.10. The number of anilines is 1. The molecule has 0 radical (unpaired) electrons. The number of ether oxygens (including phenoxy) is 2. The second kappa shape index (κ2) is 9.38. The number of benzene rings is 2. The number of amides is 2. The van der Waals surface area contributed by atoms with Crippen LogP contribution in [0.5, 0.6) is 5.75 Å². The topological polar surface area (TPSA) is 93.7 Å². The van der Waals surface area contributed by atoms with E-state index in [0.29, 0.717) is 17.0 Å². The van der Waals surface area contributed by atoms with Crippen LogP contribution >= 0.6 is 0 Å². The zero-order valence-electron chi connectivity index (χ0n) is 15.5. The van der Waals surface area contributed by atoms with Gasteiger partial charge < -0.3 is 20.1 Å². The number of esters is 1. The first-order valence-corrected chi connectivity index (χ1v) is 8.36. The maximum absolute atomic E-state index is 11.9. The summed E-state index contributed by atoms with van der Waals surface area (Å²) in [5.41, 5.74) is 2.77. The molecule has 27 heavy (non-hydrogen) atoms. The van der Waals surface area contributed by atoms with Crippen molar-refractivity contribution < 1.29 is 23.9 Å². The number of hydrogen-bond donors (Lipinski definition) is 2. The molecule has 0 aliphatic carbocycles. The van der Waals surface area contributed by atoms with Crippen LogP contribution in [0.3, 0.4) is 0 Å². The smallest absolute Gasteiger partial charge is 0.344 e. The van der Waals surface area contributed by atoms with Crippen molar-refractivity contribution in [3.8, 4) is 5.75 Å². The van der Waals surface area contributed by atoms with Crippen molar-refractivity contribution in [2.75, 3.05) is 25.6 Å². The van der Waals surface area contributed by atoms with Gasteiger partial charge in [-0.3, -0.25) is 9.59 Å². The third kappa shape index (κ3) is 6.14. The van der Waals surface area contributed by atoms with Crippen molar-refractivity contribution in [3.05, 3.63) is 59.2 Å². The fraction of sp³-hybridized carbons (Fsp3) is 0.250. The third-order valence-corrected chi connectivity index (χ3v) is 3.69. The van der Waals surface area contributed by atoms with E-state index in [1.807, 2.05) is 32.0 Å². The van der Waals surface area contributed by atoms with Crippen molar-refractivity contribution in [2.45, 2.75) is 13.8 Å². The van der Waals surface area contributed by atoms with E-state index in [-0.39, 0.29) is 12.5 Å². The fourth-order valence-electron chi connectivity index (χ4n) is 2.27. The molecule has 2 N–H and O–H groups in total. The lowest BCUT2D eigenvalue weighted by atomic mass is 10.1. The quantitative estimate of drug-likeness (QED) is 0.729. The Morgan fingerprint density at radius 3 is 2.52 bits per heavy atom. The summed E-state index contributed by atoms with van der Waals surface area (Å²) in [6.07, 6.45) is 0. The number of hydrogen-bond acceptors (Lipinski definition) is 5. The van der Waals surface area contributed by atoms with Crippen LogP contribution < -0.4 is 15.4 Å². The zero-order valence-corrected chi connectivity index (χ0v) is 15.5. The Morgan fingerprint density at radius 1 is 1.00 bits per heavy atom. The van der Waals surface area contributed by atoms with Crippen LogP contribution in [0.1, 0.15) is 21.5 Å². The van der Waals surface area contributed by atoms with Crippen molar-refractivity contribution in [3.63, 3.8) is 0 Å². The Bertz CT molecular complexity index is 848. The number of carbonyl (C=O) groups is 3. The maximum atomic E-state index is 11.9. The molecule has 0 aliphatic rings. The Kier molecular flexibility index (Phi) is 6.93. The minimum atomic E-state index is -0.648. The molecule has 0 saturated carbocycles. The van der Waals surface area contributed by atoms with E-state index >= 15 is 0 Å². The first-order chi connectivity index (χ1) is 12.9. The summed E-state index contributed by atoms with van der Waals surface area (Å²) in [7, 11) is 1.52. The predicted molar refractivity (Wildman–Crippen MR) is 101 cm³/mol. The minimum absolute atomic E-state index is 0.263. The molecule has 0 spiro atoms. The average molecular weight is 370 g/mol. The largest absolute Gasteiger partial charge is 0.482 e. The SMILES string of the molecule is CNC(=O)c1cccc(NC(=O)COC(=O)COc2cc(C)ccc2C)c1. The van der Waals surface area contributed by atoms with Gasteiger partial charge in [-0.2, -0.15) is 0 Å². The maximum Gasteiger partial charge on any atom is 0.344 e. The molecule has 0 bridgehead atoms. The number of rotatable bonds is 7. The average Bonchev–Trinajstić information content (AvgIpc) is 2.66. The first-order valence-electron chi connectivity index (χ1n) is 8.36. The molecule has 7 nitrogen and oxygen atoms in total. The van der Waals surface area contributed by atoms with Gasteiger partial charge in [0.15, 0.2) is 13.2 Å². The summed E-state index contributed by atoms with van der Waals surface area (Å²) >= 11 is 0. The molecule has 2 aromatic rings. The first kappa shape index (κ1) is 20.0. The van der Waals surface area contributed by atoms with Crippen LogP contribution in [0.25, 0.3) is 0 Å². The van der Waals surface area contributed by atoms with E-state index in [2.05, 4.69) is 10.6 Å². The van der Waals surface area contributed by atoms with Gasteiger partial charge in [0.05, 0.1) is 0 Å². The molecule has 0 aromatic heterocycles. The normalized spacial score (nSPS) is 10.0. The molecule has 142 valence electrons. The van der Waals surface area contributed by atoms with Gasteiger partial charge in [-0.25, -0.2) is 4.79 Å². The second-order valence-corrected chi connectivity index (χ2v) is 5.93. The third-order valence-electron chi connectivity index (χ3n) is 3.69. The zero-order chi connectivity index (χ0) is 19.8. The summed E-state index contributed by atoms with van der Waals surface area (Å²) in [6.45, 7) is 3.07. The molecule has 2 rings (SSSR count). The van der Waals surface area contributed by atoms with Gasteiger partial charge in [0, 0.05) is 18.3 Å². The van der Waals surface area contributed by atoms with Crippen LogP contribution in [0.2, 0.25) is 0 Å². The van der Waals surface area contributed by atoms with Gasteiger partial charge in [-0.15, -0.1) is 0 Å². The number of aryl methyl sites for hydroxylation is 2. The number of nitrogens with one attached hydrogen (secondary N) is 2. The highest BCUT2D eigenvalue weighted by Crippen LogP contribution is 2.19. The molecular formula is C20H22N2O5. The van der Waals surface area contributed by atoms with Gasteiger partial charge in [-0.05, 0) is 49.2 Å². The molecular weight excluding hydrogens is 348 g/mol. The van der Waals surface area contributed by atoms with E-state index in [4.69, 9.17) is 9.47 Å². The van der Waals surface area contributed by atoms with Crippen molar-refractivity contribution in [1.29, 1.82) is 0 Å². The minimum Gasteiger partial charge on any atom is -0.482 e.